The number of rotatable bonds is 6. The minimum absolute atomic E-state index is 0.181. The Labute approximate surface area is 186 Å². The molecule has 5 rings (SSSR count). The standard InChI is InChI=1S/C25H28N4OS/c1-17-21(9-12-28(2)16-18-5-7-23-20(13-18)15-26-27-23)22-14-19(6-8-24(22)31-17)25(30)29-10-3-4-11-29/h5-8,13-15H,3-4,9-12,16H2,1-2H3,(H,26,27). The zero-order valence-electron chi connectivity index (χ0n) is 18.1. The summed E-state index contributed by atoms with van der Waals surface area (Å²) in [4.78, 5) is 18.6. The molecule has 0 atom stereocenters. The van der Waals surface area contributed by atoms with E-state index >= 15 is 0 Å². The molecule has 1 fully saturated rings. The number of aromatic amines is 1. The number of hydrogen-bond donors (Lipinski definition) is 1. The number of thiophene rings is 1. The first kappa shape index (κ1) is 20.2. The highest BCUT2D eigenvalue weighted by molar-refractivity contribution is 7.19. The van der Waals surface area contributed by atoms with Crippen LogP contribution in [-0.2, 0) is 13.0 Å². The Bertz CT molecular complexity index is 1240. The lowest BCUT2D eigenvalue weighted by Gasteiger charge is -2.17. The maximum atomic E-state index is 12.9. The maximum Gasteiger partial charge on any atom is 0.253 e. The quantitative estimate of drug-likeness (QED) is 0.467. The molecule has 1 aliphatic rings. The van der Waals surface area contributed by atoms with E-state index in [1.807, 2.05) is 28.5 Å². The van der Waals surface area contributed by atoms with Crippen LogP contribution < -0.4 is 0 Å². The Kier molecular flexibility index (Phi) is 5.50. The zero-order valence-corrected chi connectivity index (χ0v) is 19.0. The molecule has 0 unspecified atom stereocenters. The van der Waals surface area contributed by atoms with E-state index in [0.29, 0.717) is 0 Å². The van der Waals surface area contributed by atoms with Gasteiger partial charge >= 0.3 is 0 Å². The molecule has 0 bridgehead atoms. The van der Waals surface area contributed by atoms with Gasteiger partial charge in [-0.05, 0) is 80.1 Å². The lowest BCUT2D eigenvalue weighted by Crippen LogP contribution is -2.27. The molecule has 1 saturated heterocycles. The summed E-state index contributed by atoms with van der Waals surface area (Å²) in [6.07, 6.45) is 5.10. The number of H-pyrrole nitrogens is 1. The number of amides is 1. The van der Waals surface area contributed by atoms with E-state index in [0.717, 1.165) is 61.9 Å². The van der Waals surface area contributed by atoms with Gasteiger partial charge in [0.25, 0.3) is 5.91 Å². The Morgan fingerprint density at radius 3 is 2.87 bits per heavy atom. The van der Waals surface area contributed by atoms with Crippen LogP contribution in [0, 0.1) is 6.92 Å². The topological polar surface area (TPSA) is 52.2 Å². The first-order chi connectivity index (χ1) is 15.1. The van der Waals surface area contributed by atoms with Crippen molar-refractivity contribution in [2.45, 2.75) is 32.7 Å². The first-order valence-electron chi connectivity index (χ1n) is 11.0. The number of likely N-dealkylation sites (N-methyl/N-ethyl adjacent to an activating group) is 1. The van der Waals surface area contributed by atoms with E-state index in [4.69, 9.17) is 0 Å². The van der Waals surface area contributed by atoms with E-state index in [2.05, 4.69) is 59.4 Å². The van der Waals surface area contributed by atoms with Crippen molar-refractivity contribution in [1.29, 1.82) is 0 Å². The number of nitrogens with zero attached hydrogens (tertiary/aromatic N) is 3. The van der Waals surface area contributed by atoms with Crippen LogP contribution >= 0.6 is 11.3 Å². The molecule has 0 saturated carbocycles. The monoisotopic (exact) mass is 432 g/mol. The summed E-state index contributed by atoms with van der Waals surface area (Å²) in [5, 5.41) is 9.52. The number of carbonyl (C=O) groups excluding carboxylic acids is 1. The highest BCUT2D eigenvalue weighted by atomic mass is 32.1. The Morgan fingerprint density at radius 1 is 1.19 bits per heavy atom. The van der Waals surface area contributed by atoms with Crippen LogP contribution in [0.15, 0.2) is 42.6 Å². The van der Waals surface area contributed by atoms with Gasteiger partial charge in [-0.1, -0.05) is 6.07 Å². The number of hydrogen-bond acceptors (Lipinski definition) is 4. The lowest BCUT2D eigenvalue weighted by atomic mass is 10.0. The summed E-state index contributed by atoms with van der Waals surface area (Å²) in [7, 11) is 2.17. The third-order valence-electron chi connectivity index (χ3n) is 6.33. The molecule has 1 N–H and O–H groups in total. The van der Waals surface area contributed by atoms with Gasteiger partial charge < -0.3 is 9.80 Å². The second kappa shape index (κ2) is 8.44. The van der Waals surface area contributed by atoms with Gasteiger partial charge in [0.05, 0.1) is 11.7 Å². The summed E-state index contributed by atoms with van der Waals surface area (Å²) in [6.45, 7) is 5.86. The van der Waals surface area contributed by atoms with Gasteiger partial charge in [0.1, 0.15) is 0 Å². The van der Waals surface area contributed by atoms with Crippen molar-refractivity contribution in [3.05, 3.63) is 64.2 Å². The van der Waals surface area contributed by atoms with Gasteiger partial charge in [0.15, 0.2) is 0 Å². The Morgan fingerprint density at radius 2 is 2.03 bits per heavy atom. The number of fused-ring (bicyclic) bond motifs is 2. The van der Waals surface area contributed by atoms with Crippen molar-refractivity contribution < 1.29 is 4.79 Å². The summed E-state index contributed by atoms with van der Waals surface area (Å²) in [5.41, 5.74) is 4.58. The molecular weight excluding hydrogens is 404 g/mol. The molecule has 2 aromatic carbocycles. The fourth-order valence-electron chi connectivity index (χ4n) is 4.60. The second-order valence-corrected chi connectivity index (χ2v) is 9.88. The molecular formula is C25H28N4OS. The van der Waals surface area contributed by atoms with Gasteiger partial charge in [-0.15, -0.1) is 11.3 Å². The fraction of sp³-hybridized carbons (Fsp3) is 0.360. The van der Waals surface area contributed by atoms with E-state index in [-0.39, 0.29) is 5.91 Å². The van der Waals surface area contributed by atoms with Crippen molar-refractivity contribution in [3.8, 4) is 0 Å². The average Bonchev–Trinajstić information content (AvgIpc) is 3.51. The summed E-state index contributed by atoms with van der Waals surface area (Å²) < 4.78 is 1.28. The van der Waals surface area contributed by atoms with Crippen molar-refractivity contribution >= 4 is 38.2 Å². The molecule has 4 aromatic rings. The smallest absolute Gasteiger partial charge is 0.253 e. The molecule has 1 amide bonds. The molecule has 0 aliphatic carbocycles. The molecule has 5 nitrogen and oxygen atoms in total. The number of nitrogens with one attached hydrogen (secondary N) is 1. The van der Waals surface area contributed by atoms with Crippen molar-refractivity contribution in [3.63, 3.8) is 0 Å². The molecule has 0 radical (unpaired) electrons. The van der Waals surface area contributed by atoms with Crippen LogP contribution in [0.25, 0.3) is 21.0 Å². The van der Waals surface area contributed by atoms with Crippen LogP contribution in [0.4, 0.5) is 0 Å². The normalized spacial score (nSPS) is 14.4. The van der Waals surface area contributed by atoms with E-state index in [1.165, 1.54) is 26.1 Å². The third kappa shape index (κ3) is 4.10. The lowest BCUT2D eigenvalue weighted by molar-refractivity contribution is 0.0793. The predicted molar refractivity (Wildman–Crippen MR) is 128 cm³/mol. The third-order valence-corrected chi connectivity index (χ3v) is 7.46. The Hall–Kier alpha value is -2.70. The van der Waals surface area contributed by atoms with Gasteiger partial charge in [-0.25, -0.2) is 0 Å². The zero-order chi connectivity index (χ0) is 21.4. The fourth-order valence-corrected chi connectivity index (χ4v) is 5.69. The minimum Gasteiger partial charge on any atom is -0.339 e. The van der Waals surface area contributed by atoms with Gasteiger partial charge in [0, 0.05) is 46.7 Å². The van der Waals surface area contributed by atoms with Gasteiger partial charge in [0.2, 0.25) is 0 Å². The highest BCUT2D eigenvalue weighted by Gasteiger charge is 2.20. The van der Waals surface area contributed by atoms with Crippen LogP contribution in [-0.4, -0.2) is 52.6 Å². The molecule has 0 spiro atoms. The number of aryl methyl sites for hydroxylation is 1. The summed E-state index contributed by atoms with van der Waals surface area (Å²) in [5.74, 6) is 0.181. The molecule has 3 heterocycles. The van der Waals surface area contributed by atoms with Crippen LogP contribution in [0.1, 0.15) is 39.2 Å². The first-order valence-corrected chi connectivity index (χ1v) is 11.8. The van der Waals surface area contributed by atoms with Crippen molar-refractivity contribution in [2.24, 2.45) is 0 Å². The number of benzene rings is 2. The van der Waals surface area contributed by atoms with E-state index in [1.54, 1.807) is 0 Å². The maximum absolute atomic E-state index is 12.9. The molecule has 6 heteroatoms. The minimum atomic E-state index is 0.181. The van der Waals surface area contributed by atoms with E-state index < -0.39 is 0 Å². The number of carbonyl (C=O) groups is 1. The summed E-state index contributed by atoms with van der Waals surface area (Å²) in [6, 6.07) is 12.7. The summed E-state index contributed by atoms with van der Waals surface area (Å²) >= 11 is 1.84. The molecule has 31 heavy (non-hydrogen) atoms. The van der Waals surface area contributed by atoms with Crippen molar-refractivity contribution in [1.82, 2.24) is 20.0 Å². The molecule has 1 aliphatic heterocycles. The van der Waals surface area contributed by atoms with Crippen molar-refractivity contribution in [2.75, 3.05) is 26.7 Å². The van der Waals surface area contributed by atoms with Crippen LogP contribution in [0.3, 0.4) is 0 Å². The number of likely N-dealkylation sites (tertiary alicyclic amines) is 1. The SMILES string of the molecule is Cc1sc2ccc(C(=O)N3CCCC3)cc2c1CCN(C)Cc1ccc2[nH]ncc2c1. The molecule has 160 valence electrons. The van der Waals surface area contributed by atoms with E-state index in [9.17, 15) is 4.79 Å². The van der Waals surface area contributed by atoms with Crippen LogP contribution in [0.2, 0.25) is 0 Å². The van der Waals surface area contributed by atoms with Crippen LogP contribution in [0.5, 0.6) is 0 Å². The number of aromatic nitrogens is 2. The Balaban J connectivity index is 1.31. The second-order valence-electron chi connectivity index (χ2n) is 8.63. The van der Waals surface area contributed by atoms with Gasteiger partial charge in [-0.3, -0.25) is 9.89 Å². The highest BCUT2D eigenvalue weighted by Crippen LogP contribution is 2.32. The van der Waals surface area contributed by atoms with Gasteiger partial charge in [-0.2, -0.15) is 5.10 Å². The molecule has 2 aromatic heterocycles. The predicted octanol–water partition coefficient (Wildman–Crippen LogP) is 5.00. The largest absolute Gasteiger partial charge is 0.339 e. The average molecular weight is 433 g/mol.